The summed E-state index contributed by atoms with van der Waals surface area (Å²) in [6.45, 7) is 3.63. The number of carboxylic acid groups (broad SMARTS) is 1. The Morgan fingerprint density at radius 2 is 1.79 bits per heavy atom. The van der Waals surface area contributed by atoms with Crippen molar-refractivity contribution in [3.63, 3.8) is 0 Å². The van der Waals surface area contributed by atoms with E-state index in [1.54, 1.807) is 0 Å². The Morgan fingerprint density at radius 3 is 2.56 bits per heavy atom. The number of aromatic nitrogens is 1. The number of hydrogen-bond donors (Lipinski definition) is 2. The minimum Gasteiger partial charge on any atom is -0.481 e. The van der Waals surface area contributed by atoms with Gasteiger partial charge in [0.2, 0.25) is 0 Å². The molecule has 0 fully saturated rings. The average molecular weight is 471 g/mol. The predicted molar refractivity (Wildman–Crippen MR) is 133 cm³/mol. The summed E-state index contributed by atoms with van der Waals surface area (Å²) in [6.07, 6.45) is -0.966. The van der Waals surface area contributed by atoms with Gasteiger partial charge in [-0.2, -0.15) is 4.37 Å². The van der Waals surface area contributed by atoms with Crippen LogP contribution in [0.1, 0.15) is 40.3 Å². The molecule has 0 spiro atoms. The fourth-order valence-electron chi connectivity index (χ4n) is 3.47. The number of aliphatic carboxylic acids is 1. The number of benzene rings is 3. The number of fused-ring (bicyclic) bond motifs is 1. The van der Waals surface area contributed by atoms with E-state index >= 15 is 0 Å². The maximum Gasteiger partial charge on any atom is 0.412 e. The molecule has 1 heterocycles. The van der Waals surface area contributed by atoms with Gasteiger partial charge >= 0.3 is 12.1 Å². The Labute approximate surface area is 201 Å². The van der Waals surface area contributed by atoms with Gasteiger partial charge in [-0.1, -0.05) is 60.5 Å². The van der Waals surface area contributed by atoms with Gasteiger partial charge in [-0.3, -0.25) is 10.1 Å². The zero-order valence-corrected chi connectivity index (χ0v) is 19.5. The number of aryl methyl sites for hydroxylation is 1. The van der Waals surface area contributed by atoms with E-state index in [-0.39, 0.29) is 6.42 Å². The molecule has 6 nitrogen and oxygen atoms in total. The normalized spacial score (nSPS) is 11.4. The SMILES string of the molecule is Cc1nsc(C#Cc2ccc3cc(CC(=O)O)ccc3c2)c1NC(=O)OC(C)c1ccccc1. The van der Waals surface area contributed by atoms with Crippen LogP contribution in [0.4, 0.5) is 10.5 Å². The molecule has 0 bridgehead atoms. The molecule has 3 aromatic carbocycles. The van der Waals surface area contributed by atoms with Crippen LogP contribution in [0.15, 0.2) is 66.7 Å². The standard InChI is InChI=1S/C27H22N2O4S/c1-17-26(28-27(32)33-18(2)21-6-4-3-5-7-21)24(34-29-17)13-10-19-8-11-23-15-20(16-25(30)31)9-12-22(23)14-19/h3-9,11-12,14-15,18H,16H2,1-2H3,(H,28,32)(H,30,31). The van der Waals surface area contributed by atoms with Crippen molar-refractivity contribution in [2.45, 2.75) is 26.4 Å². The first-order valence-electron chi connectivity index (χ1n) is 10.6. The number of hydrogen-bond acceptors (Lipinski definition) is 5. The maximum absolute atomic E-state index is 12.5. The summed E-state index contributed by atoms with van der Waals surface area (Å²) in [5.41, 5.74) is 3.67. The fraction of sp³-hybridized carbons (Fsp3) is 0.148. The average Bonchev–Trinajstić information content (AvgIpc) is 3.16. The molecule has 2 N–H and O–H groups in total. The molecule has 0 saturated carbocycles. The van der Waals surface area contributed by atoms with Crippen LogP contribution in [0.3, 0.4) is 0 Å². The van der Waals surface area contributed by atoms with E-state index in [0.717, 1.165) is 27.5 Å². The number of amides is 1. The van der Waals surface area contributed by atoms with Crippen LogP contribution < -0.4 is 5.32 Å². The lowest BCUT2D eigenvalue weighted by atomic mass is 10.0. The lowest BCUT2D eigenvalue weighted by molar-refractivity contribution is -0.136. The van der Waals surface area contributed by atoms with E-state index in [4.69, 9.17) is 9.84 Å². The summed E-state index contributed by atoms with van der Waals surface area (Å²) in [5, 5.41) is 13.7. The minimum absolute atomic E-state index is 0.00936. The molecule has 0 aliphatic rings. The van der Waals surface area contributed by atoms with Crippen molar-refractivity contribution < 1.29 is 19.4 Å². The summed E-state index contributed by atoms with van der Waals surface area (Å²) in [6, 6.07) is 20.9. The molecule has 1 atom stereocenters. The van der Waals surface area contributed by atoms with Crippen LogP contribution in [0, 0.1) is 18.8 Å². The molecule has 1 aromatic heterocycles. The zero-order chi connectivity index (χ0) is 24.1. The lowest BCUT2D eigenvalue weighted by Gasteiger charge is -2.14. The molecule has 170 valence electrons. The summed E-state index contributed by atoms with van der Waals surface area (Å²) in [5.74, 6) is 5.37. The Morgan fingerprint density at radius 1 is 1.06 bits per heavy atom. The Balaban J connectivity index is 1.49. The van der Waals surface area contributed by atoms with Gasteiger partial charge in [-0.25, -0.2) is 4.79 Å². The number of anilines is 1. The fourth-order valence-corrected chi connectivity index (χ4v) is 4.18. The molecule has 0 aliphatic heterocycles. The minimum atomic E-state index is -0.857. The second kappa shape index (κ2) is 10.2. The van der Waals surface area contributed by atoms with E-state index in [1.807, 2.05) is 80.6 Å². The van der Waals surface area contributed by atoms with Crippen molar-refractivity contribution in [2.24, 2.45) is 0 Å². The first-order chi connectivity index (χ1) is 16.4. The Hall–Kier alpha value is -4.15. The Bertz CT molecular complexity index is 1420. The monoisotopic (exact) mass is 470 g/mol. The molecule has 4 aromatic rings. The van der Waals surface area contributed by atoms with Gasteiger partial charge in [0.25, 0.3) is 0 Å². The van der Waals surface area contributed by atoms with Crippen molar-refractivity contribution in [1.82, 2.24) is 4.37 Å². The molecular weight excluding hydrogens is 448 g/mol. The van der Waals surface area contributed by atoms with Crippen LogP contribution in [-0.2, 0) is 16.0 Å². The predicted octanol–water partition coefficient (Wildman–Crippen LogP) is 5.94. The third-order valence-electron chi connectivity index (χ3n) is 5.22. The van der Waals surface area contributed by atoms with Crippen LogP contribution in [0.2, 0.25) is 0 Å². The molecular formula is C27H22N2O4S. The van der Waals surface area contributed by atoms with Crippen molar-refractivity contribution in [1.29, 1.82) is 0 Å². The zero-order valence-electron chi connectivity index (χ0n) is 18.7. The van der Waals surface area contributed by atoms with Crippen LogP contribution in [-0.4, -0.2) is 21.5 Å². The highest BCUT2D eigenvalue weighted by Gasteiger charge is 2.16. The first kappa shape index (κ1) is 23.0. The van der Waals surface area contributed by atoms with E-state index in [0.29, 0.717) is 16.3 Å². The van der Waals surface area contributed by atoms with Gasteiger partial charge < -0.3 is 9.84 Å². The van der Waals surface area contributed by atoms with Crippen molar-refractivity contribution in [3.05, 3.63) is 94.0 Å². The van der Waals surface area contributed by atoms with Crippen molar-refractivity contribution in [2.75, 3.05) is 5.32 Å². The van der Waals surface area contributed by atoms with Crippen LogP contribution in [0.25, 0.3) is 10.8 Å². The molecule has 0 radical (unpaired) electrons. The van der Waals surface area contributed by atoms with Gasteiger partial charge in [0.1, 0.15) is 11.0 Å². The third kappa shape index (κ3) is 5.61. The molecule has 4 rings (SSSR count). The summed E-state index contributed by atoms with van der Waals surface area (Å²) in [7, 11) is 0. The number of ether oxygens (including phenoxy) is 1. The second-order valence-electron chi connectivity index (χ2n) is 7.77. The number of carboxylic acids is 1. The highest BCUT2D eigenvalue weighted by molar-refractivity contribution is 7.07. The number of carbonyl (C=O) groups is 2. The summed E-state index contributed by atoms with van der Waals surface area (Å²) >= 11 is 1.21. The van der Waals surface area contributed by atoms with Gasteiger partial charge in [0.05, 0.1) is 17.8 Å². The quantitative estimate of drug-likeness (QED) is 0.352. The molecule has 34 heavy (non-hydrogen) atoms. The summed E-state index contributed by atoms with van der Waals surface area (Å²) in [4.78, 5) is 24.0. The van der Waals surface area contributed by atoms with Gasteiger partial charge in [-0.15, -0.1) is 0 Å². The topological polar surface area (TPSA) is 88.5 Å². The molecule has 0 saturated heterocycles. The highest BCUT2D eigenvalue weighted by Crippen LogP contribution is 2.25. The van der Waals surface area contributed by atoms with Gasteiger partial charge in [0, 0.05) is 5.56 Å². The molecule has 1 unspecified atom stereocenters. The molecule has 1 amide bonds. The number of nitrogens with one attached hydrogen (secondary N) is 1. The van der Waals surface area contributed by atoms with E-state index in [1.165, 1.54) is 11.5 Å². The van der Waals surface area contributed by atoms with Crippen molar-refractivity contribution >= 4 is 40.1 Å². The molecule has 7 heteroatoms. The lowest BCUT2D eigenvalue weighted by Crippen LogP contribution is -2.16. The third-order valence-corrected chi connectivity index (χ3v) is 6.08. The smallest absolute Gasteiger partial charge is 0.412 e. The van der Waals surface area contributed by atoms with E-state index in [2.05, 4.69) is 21.5 Å². The summed E-state index contributed by atoms with van der Waals surface area (Å²) < 4.78 is 9.83. The maximum atomic E-state index is 12.5. The van der Waals surface area contributed by atoms with E-state index < -0.39 is 18.2 Å². The van der Waals surface area contributed by atoms with E-state index in [9.17, 15) is 9.59 Å². The number of nitrogens with zero attached hydrogens (tertiary/aromatic N) is 1. The van der Waals surface area contributed by atoms with Gasteiger partial charge in [0.15, 0.2) is 0 Å². The number of carbonyl (C=O) groups excluding carboxylic acids is 1. The largest absolute Gasteiger partial charge is 0.481 e. The van der Waals surface area contributed by atoms with Crippen molar-refractivity contribution in [3.8, 4) is 11.8 Å². The molecule has 0 aliphatic carbocycles. The van der Waals surface area contributed by atoms with Gasteiger partial charge in [-0.05, 0) is 65.3 Å². The first-order valence-corrected chi connectivity index (χ1v) is 11.4. The highest BCUT2D eigenvalue weighted by atomic mass is 32.1. The van der Waals surface area contributed by atoms with Crippen LogP contribution >= 0.6 is 11.5 Å². The second-order valence-corrected chi connectivity index (χ2v) is 8.55. The van der Waals surface area contributed by atoms with Crippen LogP contribution in [0.5, 0.6) is 0 Å². The number of rotatable bonds is 5. The Kier molecular flexibility index (Phi) is 6.90.